The van der Waals surface area contributed by atoms with Crippen LogP contribution >= 0.6 is 0 Å². The third kappa shape index (κ3) is 3.48. The minimum atomic E-state index is -4.34. The first kappa shape index (κ1) is 13.0. The van der Waals surface area contributed by atoms with E-state index in [0.29, 0.717) is 18.0 Å². The molecule has 0 bridgehead atoms. The maximum atomic E-state index is 12.3. The Bertz CT molecular complexity index is 330. The summed E-state index contributed by atoms with van der Waals surface area (Å²) in [4.78, 5) is 3.75. The Morgan fingerprint density at radius 2 is 1.94 bits per heavy atom. The molecule has 90 valence electrons. The average molecular weight is 232 g/mol. The van der Waals surface area contributed by atoms with Crippen LogP contribution in [0.3, 0.4) is 0 Å². The monoisotopic (exact) mass is 232 g/mol. The van der Waals surface area contributed by atoms with Gasteiger partial charge < -0.3 is 5.73 Å². The molecule has 1 heterocycles. The summed E-state index contributed by atoms with van der Waals surface area (Å²) in [6, 6.07) is 2.06. The fourth-order valence-electron chi connectivity index (χ4n) is 1.42. The van der Waals surface area contributed by atoms with E-state index < -0.39 is 11.7 Å². The fraction of sp³-hybridized carbons (Fsp3) is 0.545. The number of alkyl halides is 3. The lowest BCUT2D eigenvalue weighted by atomic mass is 10.0. The summed E-state index contributed by atoms with van der Waals surface area (Å²) in [6.45, 7) is 4.01. The normalized spacial score (nSPS) is 14.2. The smallest absolute Gasteiger partial charge is 0.323 e. The maximum Gasteiger partial charge on any atom is 0.417 e. The Morgan fingerprint density at radius 1 is 1.31 bits per heavy atom. The standard InChI is InChI=1S/C11H15F3N2/c1-7(2)5-9(15)10-4-3-8(6-16-10)11(12,13)14/h3-4,6-7,9H,5,15H2,1-2H3. The Balaban J connectivity index is 2.79. The van der Waals surface area contributed by atoms with Crippen molar-refractivity contribution in [1.82, 2.24) is 4.98 Å². The van der Waals surface area contributed by atoms with E-state index in [-0.39, 0.29) is 6.04 Å². The summed E-state index contributed by atoms with van der Waals surface area (Å²) in [6.07, 6.45) is -2.80. The number of aromatic nitrogens is 1. The lowest BCUT2D eigenvalue weighted by Gasteiger charge is -2.14. The van der Waals surface area contributed by atoms with Gasteiger partial charge in [0.05, 0.1) is 11.3 Å². The highest BCUT2D eigenvalue weighted by atomic mass is 19.4. The molecule has 16 heavy (non-hydrogen) atoms. The van der Waals surface area contributed by atoms with E-state index in [1.165, 1.54) is 6.07 Å². The molecule has 1 rings (SSSR count). The van der Waals surface area contributed by atoms with Gasteiger partial charge in [0.25, 0.3) is 0 Å². The molecule has 0 saturated heterocycles. The minimum Gasteiger partial charge on any atom is -0.323 e. The largest absolute Gasteiger partial charge is 0.417 e. The van der Waals surface area contributed by atoms with Crippen LogP contribution in [0.4, 0.5) is 13.2 Å². The summed E-state index contributed by atoms with van der Waals surface area (Å²) in [5, 5.41) is 0. The molecular formula is C11H15F3N2. The highest BCUT2D eigenvalue weighted by molar-refractivity contribution is 5.18. The Kier molecular flexibility index (Phi) is 3.91. The SMILES string of the molecule is CC(C)CC(N)c1ccc(C(F)(F)F)cn1. The van der Waals surface area contributed by atoms with Crippen molar-refractivity contribution in [3.63, 3.8) is 0 Å². The summed E-state index contributed by atoms with van der Waals surface area (Å²) < 4.78 is 36.8. The van der Waals surface area contributed by atoms with E-state index in [1.807, 2.05) is 13.8 Å². The van der Waals surface area contributed by atoms with E-state index >= 15 is 0 Å². The average Bonchev–Trinajstić information content (AvgIpc) is 2.15. The molecule has 0 aliphatic carbocycles. The molecule has 2 N–H and O–H groups in total. The maximum absolute atomic E-state index is 12.3. The number of nitrogens with two attached hydrogens (primary N) is 1. The zero-order valence-corrected chi connectivity index (χ0v) is 9.25. The number of hydrogen-bond donors (Lipinski definition) is 1. The topological polar surface area (TPSA) is 38.9 Å². The van der Waals surface area contributed by atoms with Crippen LogP contribution in [0.2, 0.25) is 0 Å². The number of rotatable bonds is 3. The van der Waals surface area contributed by atoms with Crippen LogP contribution in [-0.2, 0) is 6.18 Å². The van der Waals surface area contributed by atoms with Crippen molar-refractivity contribution in [2.45, 2.75) is 32.5 Å². The first-order valence-electron chi connectivity index (χ1n) is 5.09. The van der Waals surface area contributed by atoms with Crippen LogP contribution in [0, 0.1) is 5.92 Å². The van der Waals surface area contributed by atoms with E-state index in [2.05, 4.69) is 4.98 Å². The van der Waals surface area contributed by atoms with Gasteiger partial charge in [-0.05, 0) is 24.5 Å². The number of pyridine rings is 1. The molecule has 0 amide bonds. The molecule has 0 saturated carbocycles. The molecule has 0 aliphatic heterocycles. The molecule has 0 fully saturated rings. The third-order valence-electron chi connectivity index (χ3n) is 2.22. The first-order chi connectivity index (χ1) is 7.30. The van der Waals surface area contributed by atoms with Gasteiger partial charge in [-0.25, -0.2) is 0 Å². The summed E-state index contributed by atoms with van der Waals surface area (Å²) in [7, 11) is 0. The molecule has 0 aliphatic rings. The molecule has 1 aromatic rings. The highest BCUT2D eigenvalue weighted by Crippen LogP contribution is 2.29. The van der Waals surface area contributed by atoms with Gasteiger partial charge in [-0.1, -0.05) is 13.8 Å². The van der Waals surface area contributed by atoms with Crippen LogP contribution < -0.4 is 5.73 Å². The van der Waals surface area contributed by atoms with E-state index in [1.54, 1.807) is 0 Å². The first-order valence-corrected chi connectivity index (χ1v) is 5.09. The molecule has 5 heteroatoms. The van der Waals surface area contributed by atoms with Crippen LogP contribution in [-0.4, -0.2) is 4.98 Å². The van der Waals surface area contributed by atoms with Crippen LogP contribution in [0.15, 0.2) is 18.3 Å². The van der Waals surface area contributed by atoms with Crippen molar-refractivity contribution < 1.29 is 13.2 Å². The molecule has 0 spiro atoms. The molecule has 1 unspecified atom stereocenters. The van der Waals surface area contributed by atoms with E-state index in [4.69, 9.17) is 5.73 Å². The molecule has 0 radical (unpaired) electrons. The van der Waals surface area contributed by atoms with Gasteiger partial charge in [-0.15, -0.1) is 0 Å². The zero-order valence-electron chi connectivity index (χ0n) is 9.25. The van der Waals surface area contributed by atoms with Crippen LogP contribution in [0.25, 0.3) is 0 Å². The number of hydrogen-bond acceptors (Lipinski definition) is 2. The van der Waals surface area contributed by atoms with Gasteiger partial charge in [0.2, 0.25) is 0 Å². The minimum absolute atomic E-state index is 0.303. The number of nitrogens with zero attached hydrogens (tertiary/aromatic N) is 1. The third-order valence-corrected chi connectivity index (χ3v) is 2.22. The van der Waals surface area contributed by atoms with Crippen LogP contribution in [0.1, 0.15) is 37.6 Å². The molecule has 2 nitrogen and oxygen atoms in total. The fourth-order valence-corrected chi connectivity index (χ4v) is 1.42. The molecule has 0 aromatic carbocycles. The van der Waals surface area contributed by atoms with Gasteiger partial charge in [0, 0.05) is 12.2 Å². The van der Waals surface area contributed by atoms with Crippen molar-refractivity contribution in [1.29, 1.82) is 0 Å². The van der Waals surface area contributed by atoms with Gasteiger partial charge in [-0.2, -0.15) is 13.2 Å². The van der Waals surface area contributed by atoms with Gasteiger partial charge in [-0.3, -0.25) is 4.98 Å². The van der Waals surface area contributed by atoms with Crippen molar-refractivity contribution in [2.75, 3.05) is 0 Å². The van der Waals surface area contributed by atoms with Crippen molar-refractivity contribution in [3.8, 4) is 0 Å². The molecule has 1 atom stereocenters. The molecule has 1 aromatic heterocycles. The van der Waals surface area contributed by atoms with E-state index in [9.17, 15) is 13.2 Å². The Labute approximate surface area is 92.7 Å². The van der Waals surface area contributed by atoms with Gasteiger partial charge >= 0.3 is 6.18 Å². The van der Waals surface area contributed by atoms with Gasteiger partial charge in [0.15, 0.2) is 0 Å². The van der Waals surface area contributed by atoms with Crippen molar-refractivity contribution in [3.05, 3.63) is 29.6 Å². The Morgan fingerprint density at radius 3 is 2.31 bits per heavy atom. The van der Waals surface area contributed by atoms with Gasteiger partial charge in [0.1, 0.15) is 0 Å². The highest BCUT2D eigenvalue weighted by Gasteiger charge is 2.30. The summed E-state index contributed by atoms with van der Waals surface area (Å²) in [5.74, 6) is 0.388. The quantitative estimate of drug-likeness (QED) is 0.869. The van der Waals surface area contributed by atoms with E-state index in [0.717, 1.165) is 12.3 Å². The predicted molar refractivity (Wildman–Crippen MR) is 55.6 cm³/mol. The second-order valence-corrected chi connectivity index (χ2v) is 4.21. The summed E-state index contributed by atoms with van der Waals surface area (Å²) in [5.41, 5.74) is 5.57. The number of halogens is 3. The van der Waals surface area contributed by atoms with Crippen LogP contribution in [0.5, 0.6) is 0 Å². The second-order valence-electron chi connectivity index (χ2n) is 4.21. The predicted octanol–water partition coefficient (Wildman–Crippen LogP) is 3.15. The van der Waals surface area contributed by atoms with Crippen molar-refractivity contribution in [2.24, 2.45) is 11.7 Å². The zero-order chi connectivity index (χ0) is 12.3. The lowest BCUT2D eigenvalue weighted by molar-refractivity contribution is -0.137. The summed E-state index contributed by atoms with van der Waals surface area (Å²) >= 11 is 0. The van der Waals surface area contributed by atoms with Crippen molar-refractivity contribution >= 4 is 0 Å². The second kappa shape index (κ2) is 4.82. The lowest BCUT2D eigenvalue weighted by Crippen LogP contribution is -2.15. The molecular weight excluding hydrogens is 217 g/mol. The Hall–Kier alpha value is -1.10.